The Labute approximate surface area is 124 Å². The van der Waals surface area contributed by atoms with Gasteiger partial charge in [-0.3, -0.25) is 0 Å². The van der Waals surface area contributed by atoms with Crippen molar-refractivity contribution in [3.05, 3.63) is 23.3 Å². The van der Waals surface area contributed by atoms with E-state index in [2.05, 4.69) is 6.92 Å². The molecule has 0 radical (unpaired) electrons. The Balaban J connectivity index is 2.12. The van der Waals surface area contributed by atoms with Crippen LogP contribution in [-0.2, 0) is 13.8 Å². The number of ether oxygens (including phenoxy) is 2. The molecule has 2 rings (SSSR count). The van der Waals surface area contributed by atoms with E-state index in [4.69, 9.17) is 20.2 Å². The quantitative estimate of drug-likeness (QED) is 0.800. The lowest BCUT2D eigenvalue weighted by Crippen LogP contribution is -2.18. The normalized spacial score (nSPS) is 23.0. The standard InChI is InChI=1S/C14H19ClO4S/c1-9-4-5-12(19-9)8-18-13-6-7-14(20(15,16)17)11(3)10(13)2/h6-7,9,12H,4-5,8H2,1-3H3. The first-order valence-electron chi connectivity index (χ1n) is 6.62. The van der Waals surface area contributed by atoms with Crippen molar-refractivity contribution in [2.75, 3.05) is 6.61 Å². The fraction of sp³-hybridized carbons (Fsp3) is 0.571. The van der Waals surface area contributed by atoms with Gasteiger partial charge in [-0.1, -0.05) is 0 Å². The van der Waals surface area contributed by atoms with E-state index in [1.165, 1.54) is 6.07 Å². The second-order valence-electron chi connectivity index (χ2n) is 5.21. The van der Waals surface area contributed by atoms with Gasteiger partial charge in [-0.2, -0.15) is 0 Å². The lowest BCUT2D eigenvalue weighted by molar-refractivity contribution is 0.0263. The van der Waals surface area contributed by atoms with Crippen LogP contribution in [-0.4, -0.2) is 27.2 Å². The van der Waals surface area contributed by atoms with Crippen molar-refractivity contribution in [2.45, 2.75) is 50.7 Å². The van der Waals surface area contributed by atoms with E-state index < -0.39 is 9.05 Å². The van der Waals surface area contributed by atoms with Crippen LogP contribution in [0.4, 0.5) is 0 Å². The molecule has 6 heteroatoms. The van der Waals surface area contributed by atoms with E-state index in [0.717, 1.165) is 18.4 Å². The highest BCUT2D eigenvalue weighted by Gasteiger charge is 2.23. The third-order valence-corrected chi connectivity index (χ3v) is 5.16. The van der Waals surface area contributed by atoms with Crippen LogP contribution < -0.4 is 4.74 Å². The average Bonchev–Trinajstić information content (AvgIpc) is 2.75. The second kappa shape index (κ2) is 5.92. The van der Waals surface area contributed by atoms with Gasteiger partial charge in [-0.25, -0.2) is 8.42 Å². The monoisotopic (exact) mass is 318 g/mol. The molecular weight excluding hydrogens is 300 g/mol. The number of rotatable bonds is 4. The highest BCUT2D eigenvalue weighted by molar-refractivity contribution is 8.13. The first kappa shape index (κ1) is 15.6. The molecule has 112 valence electrons. The van der Waals surface area contributed by atoms with Gasteiger partial charge in [0.2, 0.25) is 0 Å². The lowest BCUT2D eigenvalue weighted by Gasteiger charge is -2.16. The molecule has 2 unspecified atom stereocenters. The number of hydrogen-bond donors (Lipinski definition) is 0. The number of benzene rings is 1. The van der Waals surface area contributed by atoms with E-state index in [-0.39, 0.29) is 17.1 Å². The molecule has 0 bridgehead atoms. The molecule has 20 heavy (non-hydrogen) atoms. The van der Waals surface area contributed by atoms with Crippen LogP contribution >= 0.6 is 10.7 Å². The maximum absolute atomic E-state index is 11.4. The zero-order valence-corrected chi connectivity index (χ0v) is 13.4. The molecule has 0 aromatic heterocycles. The van der Waals surface area contributed by atoms with Crippen molar-refractivity contribution in [1.29, 1.82) is 0 Å². The number of hydrogen-bond acceptors (Lipinski definition) is 4. The topological polar surface area (TPSA) is 52.6 Å². The minimum absolute atomic E-state index is 0.112. The molecular formula is C14H19ClO4S. The number of halogens is 1. The molecule has 1 heterocycles. The maximum atomic E-state index is 11.4. The van der Waals surface area contributed by atoms with Crippen LogP contribution in [0.2, 0.25) is 0 Å². The van der Waals surface area contributed by atoms with Crippen molar-refractivity contribution in [2.24, 2.45) is 0 Å². The van der Waals surface area contributed by atoms with Gasteiger partial charge in [-0.15, -0.1) is 0 Å². The van der Waals surface area contributed by atoms with Gasteiger partial charge >= 0.3 is 0 Å². The first-order valence-corrected chi connectivity index (χ1v) is 8.93. The SMILES string of the molecule is Cc1c(OCC2CCC(C)O2)ccc(S(=O)(=O)Cl)c1C. The summed E-state index contributed by atoms with van der Waals surface area (Å²) < 4.78 is 34.3. The van der Waals surface area contributed by atoms with Crippen molar-refractivity contribution >= 4 is 19.7 Å². The molecule has 0 saturated carbocycles. The van der Waals surface area contributed by atoms with Gasteiger partial charge in [-0.05, 0) is 56.9 Å². The van der Waals surface area contributed by atoms with Gasteiger partial charge < -0.3 is 9.47 Å². The average molecular weight is 319 g/mol. The molecule has 4 nitrogen and oxygen atoms in total. The van der Waals surface area contributed by atoms with Crippen molar-refractivity contribution in [1.82, 2.24) is 0 Å². The van der Waals surface area contributed by atoms with E-state index >= 15 is 0 Å². The van der Waals surface area contributed by atoms with Crippen LogP contribution in [0.5, 0.6) is 5.75 Å². The van der Waals surface area contributed by atoms with Crippen LogP contribution in [0.1, 0.15) is 30.9 Å². The van der Waals surface area contributed by atoms with E-state index in [1.54, 1.807) is 13.0 Å². The third kappa shape index (κ3) is 3.45. The Kier molecular flexibility index (Phi) is 4.62. The fourth-order valence-electron chi connectivity index (χ4n) is 2.38. The predicted octanol–water partition coefficient (Wildman–Crippen LogP) is 3.18. The third-order valence-electron chi connectivity index (χ3n) is 3.70. The zero-order valence-electron chi connectivity index (χ0n) is 11.8. The molecule has 1 aromatic carbocycles. The summed E-state index contributed by atoms with van der Waals surface area (Å²) >= 11 is 0. The van der Waals surface area contributed by atoms with Crippen molar-refractivity contribution < 1.29 is 17.9 Å². The smallest absolute Gasteiger partial charge is 0.261 e. The highest BCUT2D eigenvalue weighted by Crippen LogP contribution is 2.29. The molecule has 1 aliphatic heterocycles. The van der Waals surface area contributed by atoms with Gasteiger partial charge in [0.1, 0.15) is 12.4 Å². The Morgan fingerprint density at radius 2 is 2.00 bits per heavy atom. The van der Waals surface area contributed by atoms with Crippen LogP contribution in [0, 0.1) is 13.8 Å². The van der Waals surface area contributed by atoms with Crippen molar-refractivity contribution in [3.8, 4) is 5.75 Å². The molecule has 2 atom stereocenters. The van der Waals surface area contributed by atoms with Crippen LogP contribution in [0.25, 0.3) is 0 Å². The largest absolute Gasteiger partial charge is 0.491 e. The molecule has 1 saturated heterocycles. The molecule has 1 aliphatic rings. The van der Waals surface area contributed by atoms with Crippen LogP contribution in [0.15, 0.2) is 17.0 Å². The van der Waals surface area contributed by atoms with E-state index in [0.29, 0.717) is 17.9 Å². The molecule has 0 spiro atoms. The molecule has 0 N–H and O–H groups in total. The lowest BCUT2D eigenvalue weighted by atomic mass is 10.1. The minimum Gasteiger partial charge on any atom is -0.491 e. The van der Waals surface area contributed by atoms with Gasteiger partial charge in [0.05, 0.1) is 17.1 Å². The summed E-state index contributed by atoms with van der Waals surface area (Å²) in [5, 5.41) is 0. The maximum Gasteiger partial charge on any atom is 0.261 e. The minimum atomic E-state index is -3.72. The summed E-state index contributed by atoms with van der Waals surface area (Å²) in [5.74, 6) is 0.676. The second-order valence-corrected chi connectivity index (χ2v) is 7.74. The zero-order chi connectivity index (χ0) is 14.9. The molecule has 0 amide bonds. The summed E-state index contributed by atoms with van der Waals surface area (Å²) in [6, 6.07) is 3.13. The Morgan fingerprint density at radius 1 is 1.30 bits per heavy atom. The van der Waals surface area contributed by atoms with Gasteiger partial charge in [0.15, 0.2) is 0 Å². The molecule has 0 aliphatic carbocycles. The summed E-state index contributed by atoms with van der Waals surface area (Å²) in [5.41, 5.74) is 1.41. The summed E-state index contributed by atoms with van der Waals surface area (Å²) in [6.45, 7) is 6.09. The van der Waals surface area contributed by atoms with E-state index in [1.807, 2.05) is 6.92 Å². The highest BCUT2D eigenvalue weighted by atomic mass is 35.7. The Hall–Kier alpha value is -0.780. The summed E-state index contributed by atoms with van der Waals surface area (Å²) in [7, 11) is 1.68. The Morgan fingerprint density at radius 3 is 2.55 bits per heavy atom. The van der Waals surface area contributed by atoms with E-state index in [9.17, 15) is 8.42 Å². The summed E-state index contributed by atoms with van der Waals surface area (Å²) in [6.07, 6.45) is 2.44. The fourth-order valence-corrected chi connectivity index (χ4v) is 3.63. The Bertz CT molecular complexity index is 597. The predicted molar refractivity (Wildman–Crippen MR) is 78.0 cm³/mol. The summed E-state index contributed by atoms with van der Waals surface area (Å²) in [4.78, 5) is 0.134. The van der Waals surface area contributed by atoms with Gasteiger partial charge in [0, 0.05) is 10.7 Å². The molecule has 1 aromatic rings. The van der Waals surface area contributed by atoms with Crippen LogP contribution in [0.3, 0.4) is 0 Å². The molecule has 1 fully saturated rings. The van der Waals surface area contributed by atoms with Crippen molar-refractivity contribution in [3.63, 3.8) is 0 Å². The first-order chi connectivity index (χ1) is 9.29. The van der Waals surface area contributed by atoms with Gasteiger partial charge in [0.25, 0.3) is 9.05 Å².